The molecule has 0 aromatic heterocycles. The van der Waals surface area contributed by atoms with Crippen LogP contribution < -0.4 is 4.74 Å². The van der Waals surface area contributed by atoms with Gasteiger partial charge < -0.3 is 38.1 Å². The summed E-state index contributed by atoms with van der Waals surface area (Å²) in [5.74, 6) is -0.760. The van der Waals surface area contributed by atoms with Crippen LogP contribution in [0.15, 0.2) is 24.3 Å². The lowest BCUT2D eigenvalue weighted by Crippen LogP contribution is -2.50. The molecule has 0 bridgehead atoms. The average Bonchev–Trinajstić information content (AvgIpc) is 3.48. The number of nitrogens with zero attached hydrogens (tertiary/aromatic N) is 2. The predicted octanol–water partition coefficient (Wildman–Crippen LogP) is 2.28. The van der Waals surface area contributed by atoms with Crippen LogP contribution in [0.3, 0.4) is 0 Å². The van der Waals surface area contributed by atoms with Gasteiger partial charge in [-0.15, -0.1) is 0 Å². The topological polar surface area (TPSA) is 88.2 Å². The minimum Gasteiger partial charge on any atom is -0.484 e. The Labute approximate surface area is 222 Å². The van der Waals surface area contributed by atoms with Gasteiger partial charge in [-0.3, -0.25) is 9.69 Å². The molecule has 0 N–H and O–H groups in total. The van der Waals surface area contributed by atoms with Gasteiger partial charge in [0.05, 0.1) is 13.2 Å². The van der Waals surface area contributed by atoms with E-state index in [1.54, 1.807) is 24.3 Å². The van der Waals surface area contributed by atoms with Crippen LogP contribution in [-0.4, -0.2) is 111 Å². The van der Waals surface area contributed by atoms with E-state index >= 15 is 0 Å². The number of amides is 1. The normalized spacial score (nSPS) is 33.0. The van der Waals surface area contributed by atoms with Crippen LogP contribution in [-0.2, 0) is 33.2 Å². The Balaban J connectivity index is 1.05. The number of rotatable bonds is 8. The van der Waals surface area contributed by atoms with Crippen molar-refractivity contribution < 1.29 is 38.0 Å². The van der Waals surface area contributed by atoms with E-state index in [4.69, 9.17) is 44.8 Å². The minimum absolute atomic E-state index is 0.0127. The molecule has 5 rings (SSSR count). The van der Waals surface area contributed by atoms with Crippen LogP contribution in [0.4, 0.5) is 0 Å². The van der Waals surface area contributed by atoms with Crippen molar-refractivity contribution in [2.45, 2.75) is 70.0 Å². The van der Waals surface area contributed by atoms with Crippen LogP contribution in [0.5, 0.6) is 5.75 Å². The number of benzene rings is 1. The minimum atomic E-state index is -0.714. The number of hydrogen-bond donors (Lipinski definition) is 0. The van der Waals surface area contributed by atoms with E-state index in [-0.39, 0.29) is 36.9 Å². The monoisotopic (exact) mass is 540 g/mol. The van der Waals surface area contributed by atoms with Gasteiger partial charge in [0.25, 0.3) is 5.91 Å². The maximum absolute atomic E-state index is 12.5. The SMILES string of the molecule is CC1(C)OCC([C@H]2O[C@H](OCCN3CCN(C(=O)COc4ccc(Cl)cc4)CC3)[C@H]3OC(C)(C)O[C@H]32)O1. The van der Waals surface area contributed by atoms with Gasteiger partial charge in [0.2, 0.25) is 0 Å². The maximum atomic E-state index is 12.5. The third kappa shape index (κ3) is 6.57. The van der Waals surface area contributed by atoms with E-state index in [1.165, 1.54) is 0 Å². The molecule has 4 saturated heterocycles. The van der Waals surface area contributed by atoms with E-state index in [0.29, 0.717) is 37.1 Å². The summed E-state index contributed by atoms with van der Waals surface area (Å²) in [5.41, 5.74) is 0. The second-order valence-corrected chi connectivity index (χ2v) is 11.2. The maximum Gasteiger partial charge on any atom is 0.260 e. The van der Waals surface area contributed by atoms with E-state index in [9.17, 15) is 4.79 Å². The van der Waals surface area contributed by atoms with Crippen LogP contribution in [0.2, 0.25) is 5.02 Å². The first kappa shape index (κ1) is 27.1. The van der Waals surface area contributed by atoms with Crippen molar-refractivity contribution in [1.29, 1.82) is 0 Å². The third-order valence-electron chi connectivity index (χ3n) is 7.03. The first-order valence-electron chi connectivity index (χ1n) is 12.9. The molecule has 0 radical (unpaired) electrons. The van der Waals surface area contributed by atoms with Gasteiger partial charge in [0, 0.05) is 37.7 Å². The summed E-state index contributed by atoms with van der Waals surface area (Å²) in [6, 6.07) is 6.99. The zero-order valence-corrected chi connectivity index (χ0v) is 22.6. The Kier molecular flexibility index (Phi) is 8.00. The molecule has 37 heavy (non-hydrogen) atoms. The molecule has 4 aliphatic heterocycles. The molecule has 0 spiro atoms. The Morgan fingerprint density at radius 1 is 0.973 bits per heavy atom. The van der Waals surface area contributed by atoms with Crippen molar-refractivity contribution >= 4 is 17.5 Å². The molecule has 1 amide bonds. The van der Waals surface area contributed by atoms with Gasteiger partial charge in [-0.1, -0.05) is 11.6 Å². The molecule has 4 fully saturated rings. The Morgan fingerprint density at radius 3 is 2.35 bits per heavy atom. The first-order chi connectivity index (χ1) is 17.6. The summed E-state index contributed by atoms with van der Waals surface area (Å²) in [6.07, 6.45) is -1.74. The van der Waals surface area contributed by atoms with Crippen LogP contribution in [0.25, 0.3) is 0 Å². The van der Waals surface area contributed by atoms with E-state index in [2.05, 4.69) is 4.90 Å². The fraction of sp³-hybridized carbons (Fsp3) is 0.731. The predicted molar refractivity (Wildman–Crippen MR) is 133 cm³/mol. The summed E-state index contributed by atoms with van der Waals surface area (Å²) in [6.45, 7) is 12.1. The lowest BCUT2D eigenvalue weighted by atomic mass is 10.1. The standard InChI is InChI=1S/C26H37ClN2O8/c1-25(2)33-15-19(35-25)21-22-23(37-26(3,4)36-22)24(34-21)31-14-13-28-9-11-29(12-10-28)20(30)16-32-18-7-5-17(27)6-8-18/h5-8,19,21-24H,9-16H2,1-4H3/t19?,21-,22+,23+,24+/m1/s1. The highest BCUT2D eigenvalue weighted by molar-refractivity contribution is 6.30. The number of halogens is 1. The summed E-state index contributed by atoms with van der Waals surface area (Å²) >= 11 is 5.89. The molecule has 10 nitrogen and oxygen atoms in total. The number of carbonyl (C=O) groups is 1. The molecule has 4 aliphatic rings. The Hall–Kier alpha value is -1.50. The second-order valence-electron chi connectivity index (χ2n) is 10.7. The van der Waals surface area contributed by atoms with Gasteiger partial charge >= 0.3 is 0 Å². The van der Waals surface area contributed by atoms with Crippen LogP contribution >= 0.6 is 11.6 Å². The van der Waals surface area contributed by atoms with E-state index in [1.807, 2.05) is 32.6 Å². The van der Waals surface area contributed by atoms with E-state index < -0.39 is 17.9 Å². The summed E-state index contributed by atoms with van der Waals surface area (Å²) in [7, 11) is 0. The fourth-order valence-corrected chi connectivity index (χ4v) is 5.31. The molecule has 0 aliphatic carbocycles. The highest BCUT2D eigenvalue weighted by atomic mass is 35.5. The quantitative estimate of drug-likeness (QED) is 0.492. The van der Waals surface area contributed by atoms with Gasteiger partial charge in [0.15, 0.2) is 24.5 Å². The molecule has 4 heterocycles. The van der Waals surface area contributed by atoms with Gasteiger partial charge in [0.1, 0.15) is 30.2 Å². The first-order valence-corrected chi connectivity index (χ1v) is 13.3. The van der Waals surface area contributed by atoms with Gasteiger partial charge in [-0.2, -0.15) is 0 Å². The Bertz CT molecular complexity index is 937. The number of carbonyl (C=O) groups excluding carboxylic acids is 1. The lowest BCUT2D eigenvalue weighted by Gasteiger charge is -2.34. The van der Waals surface area contributed by atoms with Crippen molar-refractivity contribution in [3.05, 3.63) is 29.3 Å². The zero-order chi connectivity index (χ0) is 26.2. The number of piperazine rings is 1. The molecule has 5 atom stereocenters. The van der Waals surface area contributed by atoms with Crippen molar-refractivity contribution in [3.63, 3.8) is 0 Å². The highest BCUT2D eigenvalue weighted by Gasteiger charge is 2.59. The smallest absolute Gasteiger partial charge is 0.260 e. The zero-order valence-electron chi connectivity index (χ0n) is 21.9. The lowest BCUT2D eigenvalue weighted by molar-refractivity contribution is -0.248. The molecule has 0 saturated carbocycles. The third-order valence-corrected chi connectivity index (χ3v) is 7.29. The van der Waals surface area contributed by atoms with Crippen LogP contribution in [0.1, 0.15) is 27.7 Å². The number of ether oxygens (including phenoxy) is 7. The van der Waals surface area contributed by atoms with E-state index in [0.717, 1.165) is 19.6 Å². The summed E-state index contributed by atoms with van der Waals surface area (Å²) in [5, 5.41) is 0.632. The summed E-state index contributed by atoms with van der Waals surface area (Å²) < 4.78 is 42.0. The molecular formula is C26H37ClN2O8. The summed E-state index contributed by atoms with van der Waals surface area (Å²) in [4.78, 5) is 16.7. The molecular weight excluding hydrogens is 504 g/mol. The highest BCUT2D eigenvalue weighted by Crippen LogP contribution is 2.42. The largest absolute Gasteiger partial charge is 0.484 e. The molecule has 1 unspecified atom stereocenters. The fourth-order valence-electron chi connectivity index (χ4n) is 5.19. The van der Waals surface area contributed by atoms with Crippen molar-refractivity contribution in [2.75, 3.05) is 52.5 Å². The molecule has 1 aromatic carbocycles. The van der Waals surface area contributed by atoms with Crippen molar-refractivity contribution in [1.82, 2.24) is 9.80 Å². The number of fused-ring (bicyclic) bond motifs is 1. The number of hydrogen-bond acceptors (Lipinski definition) is 9. The molecule has 1 aromatic rings. The van der Waals surface area contributed by atoms with Gasteiger partial charge in [-0.25, -0.2) is 0 Å². The Morgan fingerprint density at radius 2 is 1.68 bits per heavy atom. The molecule has 11 heteroatoms. The van der Waals surface area contributed by atoms with Crippen molar-refractivity contribution in [2.24, 2.45) is 0 Å². The van der Waals surface area contributed by atoms with Crippen molar-refractivity contribution in [3.8, 4) is 5.75 Å². The van der Waals surface area contributed by atoms with Gasteiger partial charge in [-0.05, 0) is 52.0 Å². The average molecular weight is 541 g/mol. The second kappa shape index (κ2) is 10.9. The molecule has 206 valence electrons. The van der Waals surface area contributed by atoms with Crippen LogP contribution in [0, 0.1) is 0 Å².